The van der Waals surface area contributed by atoms with Gasteiger partial charge in [-0.3, -0.25) is 4.79 Å². The number of rotatable bonds is 3. The van der Waals surface area contributed by atoms with E-state index in [1.807, 2.05) is 39.0 Å². The lowest BCUT2D eigenvalue weighted by molar-refractivity contribution is -0.118. The molecule has 0 fully saturated rings. The first kappa shape index (κ1) is 16.9. The summed E-state index contributed by atoms with van der Waals surface area (Å²) in [5.41, 5.74) is 0.406. The molecule has 118 valence electrons. The van der Waals surface area contributed by atoms with E-state index in [0.717, 1.165) is 5.56 Å². The molecule has 0 spiro atoms. The van der Waals surface area contributed by atoms with Gasteiger partial charge in [0.2, 0.25) is 0 Å². The van der Waals surface area contributed by atoms with Crippen molar-refractivity contribution in [3.05, 3.63) is 52.8 Å². The minimum atomic E-state index is -0.430. The average Bonchev–Trinajstić information content (AvgIpc) is 2.91. The van der Waals surface area contributed by atoms with Gasteiger partial charge in [0.1, 0.15) is 23.2 Å². The maximum atomic E-state index is 12.1. The molecule has 0 radical (unpaired) electrons. The lowest BCUT2D eigenvalue weighted by atomic mass is 10.1. The molecule has 1 aromatic carbocycles. The lowest BCUT2D eigenvalue weighted by Gasteiger charge is -2.19. The van der Waals surface area contributed by atoms with E-state index in [2.05, 4.69) is 5.32 Å². The van der Waals surface area contributed by atoms with Gasteiger partial charge in [0.25, 0.3) is 5.91 Å². The minimum absolute atomic E-state index is 0.00748. The Labute approximate surface area is 140 Å². The zero-order chi connectivity index (χ0) is 17.0. The number of benzene rings is 1. The Hall–Kier alpha value is -2.51. The first-order valence-corrected chi connectivity index (χ1v) is 7.46. The first-order chi connectivity index (χ1) is 10.8. The quantitative estimate of drug-likeness (QED) is 0.670. The highest BCUT2D eigenvalue weighted by Crippen LogP contribution is 2.25. The molecule has 0 saturated heterocycles. The van der Waals surface area contributed by atoms with Crippen LogP contribution in [0.5, 0.6) is 0 Å². The molecule has 0 saturated carbocycles. The van der Waals surface area contributed by atoms with Crippen molar-refractivity contribution in [2.75, 3.05) is 0 Å². The highest BCUT2D eigenvalue weighted by atomic mass is 35.5. The van der Waals surface area contributed by atoms with Crippen LogP contribution in [0, 0.1) is 11.3 Å². The molecular formula is C18H17ClN2O2. The third-order valence-electron chi connectivity index (χ3n) is 2.88. The van der Waals surface area contributed by atoms with Crippen molar-refractivity contribution in [2.45, 2.75) is 26.3 Å². The zero-order valence-electron chi connectivity index (χ0n) is 13.2. The number of carbonyl (C=O) groups is 1. The van der Waals surface area contributed by atoms with Gasteiger partial charge >= 0.3 is 0 Å². The van der Waals surface area contributed by atoms with Crippen molar-refractivity contribution in [1.29, 1.82) is 5.26 Å². The Bertz CT molecular complexity index is 792. The van der Waals surface area contributed by atoms with Crippen molar-refractivity contribution in [3.8, 4) is 17.4 Å². The molecule has 1 aromatic heterocycles. The molecule has 0 bridgehead atoms. The van der Waals surface area contributed by atoms with Gasteiger partial charge in [0.05, 0.1) is 0 Å². The second kappa shape index (κ2) is 6.72. The molecule has 0 aliphatic carbocycles. The highest BCUT2D eigenvalue weighted by molar-refractivity contribution is 6.30. The summed E-state index contributed by atoms with van der Waals surface area (Å²) in [4.78, 5) is 12.1. The summed E-state index contributed by atoms with van der Waals surface area (Å²) >= 11 is 5.96. The Morgan fingerprint density at radius 3 is 2.65 bits per heavy atom. The number of nitrogens with one attached hydrogen (secondary N) is 1. The van der Waals surface area contributed by atoms with Crippen LogP contribution in [0.15, 0.2) is 46.4 Å². The van der Waals surface area contributed by atoms with Crippen LogP contribution >= 0.6 is 11.6 Å². The summed E-state index contributed by atoms with van der Waals surface area (Å²) in [6.45, 7) is 5.55. The molecular weight excluding hydrogens is 312 g/mol. The fourth-order valence-corrected chi connectivity index (χ4v) is 2.12. The van der Waals surface area contributed by atoms with Gasteiger partial charge in [-0.25, -0.2) is 0 Å². The van der Waals surface area contributed by atoms with Gasteiger partial charge in [-0.15, -0.1) is 0 Å². The molecule has 4 nitrogen and oxygen atoms in total. The van der Waals surface area contributed by atoms with E-state index in [1.165, 1.54) is 6.08 Å². The maximum Gasteiger partial charge on any atom is 0.262 e. The predicted octanol–water partition coefficient (Wildman–Crippen LogP) is 4.42. The summed E-state index contributed by atoms with van der Waals surface area (Å²) in [5, 5.41) is 12.5. The molecule has 1 heterocycles. The number of amides is 1. The third kappa shape index (κ3) is 4.73. The normalized spacial score (nSPS) is 11.9. The molecule has 2 rings (SSSR count). The smallest absolute Gasteiger partial charge is 0.262 e. The number of nitrogens with zero attached hydrogens (tertiary/aromatic N) is 1. The SMILES string of the molecule is CC(C)(C)NC(=O)C(C#N)=Cc1ccc(-c2cccc(Cl)c2)o1. The minimum Gasteiger partial charge on any atom is -0.457 e. The molecule has 0 unspecified atom stereocenters. The summed E-state index contributed by atoms with van der Waals surface area (Å²) < 4.78 is 5.67. The van der Waals surface area contributed by atoms with Crippen molar-refractivity contribution in [3.63, 3.8) is 0 Å². The Balaban J connectivity index is 2.25. The van der Waals surface area contributed by atoms with Crippen LogP contribution in [0.1, 0.15) is 26.5 Å². The number of hydrogen-bond donors (Lipinski definition) is 1. The van der Waals surface area contributed by atoms with Gasteiger partial charge in [-0.05, 0) is 45.0 Å². The second-order valence-corrected chi connectivity index (χ2v) is 6.52. The molecule has 0 atom stereocenters. The van der Waals surface area contributed by atoms with E-state index < -0.39 is 11.4 Å². The number of halogens is 1. The molecule has 1 N–H and O–H groups in total. The van der Waals surface area contributed by atoms with Crippen LogP contribution in [-0.2, 0) is 4.79 Å². The number of hydrogen-bond acceptors (Lipinski definition) is 3. The van der Waals surface area contributed by atoms with Gasteiger partial charge in [0, 0.05) is 22.2 Å². The van der Waals surface area contributed by atoms with Crippen molar-refractivity contribution in [1.82, 2.24) is 5.32 Å². The Kier molecular flexibility index (Phi) is 4.92. The van der Waals surface area contributed by atoms with Crippen LogP contribution in [0.3, 0.4) is 0 Å². The number of nitriles is 1. The Morgan fingerprint density at radius 1 is 1.30 bits per heavy atom. The predicted molar refractivity (Wildman–Crippen MR) is 90.6 cm³/mol. The first-order valence-electron chi connectivity index (χ1n) is 7.08. The molecule has 23 heavy (non-hydrogen) atoms. The van der Waals surface area contributed by atoms with Crippen LogP contribution in [0.2, 0.25) is 5.02 Å². The van der Waals surface area contributed by atoms with Crippen molar-refractivity contribution >= 4 is 23.6 Å². The summed E-state index contributed by atoms with van der Waals surface area (Å²) in [7, 11) is 0. The summed E-state index contributed by atoms with van der Waals surface area (Å²) in [6, 6.07) is 12.6. The maximum absolute atomic E-state index is 12.1. The molecule has 1 amide bonds. The van der Waals surface area contributed by atoms with Crippen LogP contribution in [0.4, 0.5) is 0 Å². The fraction of sp³-hybridized carbons (Fsp3) is 0.222. The second-order valence-electron chi connectivity index (χ2n) is 6.09. The van der Waals surface area contributed by atoms with E-state index in [4.69, 9.17) is 16.0 Å². The largest absolute Gasteiger partial charge is 0.457 e. The average molecular weight is 329 g/mol. The van der Waals surface area contributed by atoms with Crippen LogP contribution in [-0.4, -0.2) is 11.4 Å². The van der Waals surface area contributed by atoms with Crippen LogP contribution in [0.25, 0.3) is 17.4 Å². The molecule has 0 aliphatic rings. The van der Waals surface area contributed by atoms with E-state index in [-0.39, 0.29) is 5.57 Å². The summed E-state index contributed by atoms with van der Waals surface area (Å²) in [5.74, 6) is 0.619. The topological polar surface area (TPSA) is 66.0 Å². The number of furan rings is 1. The molecule has 2 aromatic rings. The number of carbonyl (C=O) groups excluding carboxylic acids is 1. The van der Waals surface area contributed by atoms with E-state index >= 15 is 0 Å². The Morgan fingerprint density at radius 2 is 2.04 bits per heavy atom. The van der Waals surface area contributed by atoms with Gasteiger partial charge < -0.3 is 9.73 Å². The van der Waals surface area contributed by atoms with E-state index in [9.17, 15) is 10.1 Å². The van der Waals surface area contributed by atoms with Crippen LogP contribution < -0.4 is 5.32 Å². The standard InChI is InChI=1S/C18H17ClN2O2/c1-18(2,3)21-17(22)13(11-20)10-15-7-8-16(23-15)12-5-4-6-14(19)9-12/h4-10H,1-3H3,(H,21,22). The van der Waals surface area contributed by atoms with Gasteiger partial charge in [-0.2, -0.15) is 5.26 Å². The van der Waals surface area contributed by atoms with Crippen molar-refractivity contribution in [2.24, 2.45) is 0 Å². The zero-order valence-corrected chi connectivity index (χ0v) is 13.9. The monoisotopic (exact) mass is 328 g/mol. The fourth-order valence-electron chi connectivity index (χ4n) is 1.93. The molecule has 0 aliphatic heterocycles. The molecule has 5 heteroatoms. The highest BCUT2D eigenvalue weighted by Gasteiger charge is 2.17. The van der Waals surface area contributed by atoms with E-state index in [0.29, 0.717) is 16.5 Å². The summed E-state index contributed by atoms with van der Waals surface area (Å²) in [6.07, 6.45) is 1.43. The third-order valence-corrected chi connectivity index (χ3v) is 3.11. The van der Waals surface area contributed by atoms with Gasteiger partial charge in [-0.1, -0.05) is 23.7 Å². The van der Waals surface area contributed by atoms with Crippen molar-refractivity contribution < 1.29 is 9.21 Å². The van der Waals surface area contributed by atoms with E-state index in [1.54, 1.807) is 24.3 Å². The van der Waals surface area contributed by atoms with Gasteiger partial charge in [0.15, 0.2) is 0 Å². The lowest BCUT2D eigenvalue weighted by Crippen LogP contribution is -2.41.